The normalized spacial score (nSPS) is 17.1. The summed E-state index contributed by atoms with van der Waals surface area (Å²) < 4.78 is 13.0. The maximum absolute atomic E-state index is 13.1. The lowest BCUT2D eigenvalue weighted by atomic mass is 10.0. The van der Waals surface area contributed by atoms with E-state index in [0.717, 1.165) is 35.4 Å². The highest BCUT2D eigenvalue weighted by Gasteiger charge is 2.33. The van der Waals surface area contributed by atoms with Crippen LogP contribution in [0.15, 0.2) is 65.9 Å². The molecule has 2 heterocycles. The predicted molar refractivity (Wildman–Crippen MR) is 111 cm³/mol. The van der Waals surface area contributed by atoms with Gasteiger partial charge in [-0.1, -0.05) is 42.2 Å². The Morgan fingerprint density at radius 2 is 1.83 bits per heavy atom. The molecule has 148 valence electrons. The molecular formula is C24H24FN3O. The van der Waals surface area contributed by atoms with Crippen LogP contribution >= 0.6 is 0 Å². The summed E-state index contributed by atoms with van der Waals surface area (Å²) in [5, 5.41) is 0. The van der Waals surface area contributed by atoms with Gasteiger partial charge in [0.1, 0.15) is 5.82 Å². The summed E-state index contributed by atoms with van der Waals surface area (Å²) in [6, 6.07) is 16.3. The average molecular weight is 389 g/mol. The van der Waals surface area contributed by atoms with Crippen LogP contribution in [-0.4, -0.2) is 54.0 Å². The predicted octanol–water partition coefficient (Wildman–Crippen LogP) is 3.07. The van der Waals surface area contributed by atoms with Gasteiger partial charge in [0.05, 0.1) is 18.8 Å². The molecule has 0 N–H and O–H groups in total. The van der Waals surface area contributed by atoms with Crippen LogP contribution in [-0.2, 0) is 11.3 Å². The van der Waals surface area contributed by atoms with Crippen LogP contribution in [0.2, 0.25) is 0 Å². The minimum absolute atomic E-state index is 0.123. The number of nitrogens with zero attached hydrogens (tertiary/aromatic N) is 3. The Morgan fingerprint density at radius 3 is 2.59 bits per heavy atom. The highest BCUT2D eigenvalue weighted by Crippen LogP contribution is 2.27. The zero-order valence-corrected chi connectivity index (χ0v) is 16.6. The van der Waals surface area contributed by atoms with Crippen molar-refractivity contribution < 1.29 is 9.18 Å². The van der Waals surface area contributed by atoms with Crippen molar-refractivity contribution in [3.8, 4) is 11.8 Å². The molecule has 0 aliphatic carbocycles. The van der Waals surface area contributed by atoms with Gasteiger partial charge in [-0.25, -0.2) is 4.39 Å². The molecule has 1 amide bonds. The minimum Gasteiger partial charge on any atom is -0.360 e. The fourth-order valence-corrected chi connectivity index (χ4v) is 3.86. The minimum atomic E-state index is -0.258. The molecule has 2 aromatic rings. The molecule has 29 heavy (non-hydrogen) atoms. The second-order valence-electron chi connectivity index (χ2n) is 7.52. The van der Waals surface area contributed by atoms with Gasteiger partial charge in [0, 0.05) is 44.4 Å². The first-order valence-electron chi connectivity index (χ1n) is 9.83. The van der Waals surface area contributed by atoms with Gasteiger partial charge in [-0.05, 0) is 29.8 Å². The van der Waals surface area contributed by atoms with E-state index in [4.69, 9.17) is 0 Å². The molecule has 4 rings (SSSR count). The second kappa shape index (κ2) is 8.50. The number of hydrogen-bond donors (Lipinski definition) is 0. The Balaban J connectivity index is 1.43. The average Bonchev–Trinajstić information content (AvgIpc) is 2.74. The number of carbonyl (C=O) groups is 1. The van der Waals surface area contributed by atoms with Gasteiger partial charge in [0.15, 0.2) is 0 Å². The molecule has 4 nitrogen and oxygen atoms in total. The maximum atomic E-state index is 13.1. The van der Waals surface area contributed by atoms with Gasteiger partial charge in [0.25, 0.3) is 5.91 Å². The zero-order valence-electron chi connectivity index (χ0n) is 16.6. The lowest BCUT2D eigenvalue weighted by Gasteiger charge is -2.42. The first-order valence-corrected chi connectivity index (χ1v) is 9.83. The Morgan fingerprint density at radius 1 is 1.07 bits per heavy atom. The number of hydrogen-bond acceptors (Lipinski definition) is 3. The second-order valence-corrected chi connectivity index (χ2v) is 7.52. The molecule has 0 aromatic heterocycles. The highest BCUT2D eigenvalue weighted by molar-refractivity contribution is 5.95. The molecule has 5 heteroatoms. The quantitative estimate of drug-likeness (QED) is 0.755. The van der Waals surface area contributed by atoms with E-state index >= 15 is 0 Å². The molecule has 0 saturated heterocycles. The Labute approximate surface area is 171 Å². The van der Waals surface area contributed by atoms with Crippen molar-refractivity contribution in [3.05, 3.63) is 82.8 Å². The van der Waals surface area contributed by atoms with Crippen LogP contribution in [0.3, 0.4) is 0 Å². The van der Waals surface area contributed by atoms with Gasteiger partial charge in [-0.2, -0.15) is 0 Å². The summed E-state index contributed by atoms with van der Waals surface area (Å²) in [5.74, 6) is 6.09. The molecule has 2 aliphatic rings. The van der Waals surface area contributed by atoms with Gasteiger partial charge >= 0.3 is 0 Å². The summed E-state index contributed by atoms with van der Waals surface area (Å²) in [6.45, 7) is 3.32. The molecule has 0 fully saturated rings. The highest BCUT2D eigenvalue weighted by atomic mass is 19.1. The van der Waals surface area contributed by atoms with E-state index in [1.54, 1.807) is 12.1 Å². The van der Waals surface area contributed by atoms with Crippen LogP contribution in [0.25, 0.3) is 0 Å². The number of benzene rings is 2. The van der Waals surface area contributed by atoms with E-state index in [1.165, 1.54) is 12.1 Å². The smallest absolute Gasteiger partial charge is 0.254 e. The molecule has 0 unspecified atom stereocenters. The first-order chi connectivity index (χ1) is 14.1. The van der Waals surface area contributed by atoms with Crippen LogP contribution in [0.5, 0.6) is 0 Å². The standard InChI is InChI=1S/C24H24FN3O/c1-26-18-28(16-20-6-3-2-4-7-20)24(29)22-17-27(15-13-23(22)26)14-5-8-19-9-11-21(25)12-10-19/h2-4,6-7,9-12H,13-18H2,1H3. The third kappa shape index (κ3) is 4.49. The topological polar surface area (TPSA) is 26.8 Å². The molecule has 0 spiro atoms. The van der Waals surface area contributed by atoms with E-state index in [-0.39, 0.29) is 11.7 Å². The number of carbonyl (C=O) groups excluding carboxylic acids is 1. The summed E-state index contributed by atoms with van der Waals surface area (Å²) >= 11 is 0. The van der Waals surface area contributed by atoms with Crippen molar-refractivity contribution >= 4 is 5.91 Å². The van der Waals surface area contributed by atoms with E-state index in [1.807, 2.05) is 23.1 Å². The molecule has 0 radical (unpaired) electrons. The van der Waals surface area contributed by atoms with Crippen molar-refractivity contribution in [2.75, 3.05) is 33.4 Å². The monoisotopic (exact) mass is 389 g/mol. The number of amides is 1. The van der Waals surface area contributed by atoms with Gasteiger partial charge in [-0.15, -0.1) is 0 Å². The summed E-state index contributed by atoms with van der Waals surface area (Å²) in [4.78, 5) is 19.4. The largest absolute Gasteiger partial charge is 0.360 e. The summed E-state index contributed by atoms with van der Waals surface area (Å²) in [5.41, 5.74) is 3.97. The van der Waals surface area contributed by atoms with Crippen molar-refractivity contribution in [2.45, 2.75) is 13.0 Å². The third-order valence-electron chi connectivity index (χ3n) is 5.38. The Kier molecular flexibility index (Phi) is 5.64. The van der Waals surface area contributed by atoms with E-state index in [2.05, 4.69) is 40.8 Å². The SMILES string of the molecule is CN1CN(Cc2ccccc2)C(=O)C2=C1CCN(CC#Cc1ccc(F)cc1)C2. The fraction of sp³-hybridized carbons (Fsp3) is 0.292. The maximum Gasteiger partial charge on any atom is 0.254 e. The molecule has 2 aromatic carbocycles. The lowest BCUT2D eigenvalue weighted by molar-refractivity contribution is -0.131. The van der Waals surface area contributed by atoms with Crippen molar-refractivity contribution in [3.63, 3.8) is 0 Å². The lowest BCUT2D eigenvalue weighted by Crippen LogP contribution is -2.50. The Hall–Kier alpha value is -3.10. The number of rotatable bonds is 3. The van der Waals surface area contributed by atoms with Crippen LogP contribution < -0.4 is 0 Å². The van der Waals surface area contributed by atoms with E-state index in [0.29, 0.717) is 26.3 Å². The van der Waals surface area contributed by atoms with Gasteiger partial charge in [0.2, 0.25) is 0 Å². The molecule has 0 saturated carbocycles. The molecule has 0 atom stereocenters. The van der Waals surface area contributed by atoms with Crippen molar-refractivity contribution in [1.82, 2.24) is 14.7 Å². The third-order valence-corrected chi connectivity index (χ3v) is 5.38. The molecule has 0 bridgehead atoms. The molecule has 2 aliphatic heterocycles. The van der Waals surface area contributed by atoms with E-state index < -0.39 is 0 Å². The van der Waals surface area contributed by atoms with Gasteiger partial charge in [-0.3, -0.25) is 9.69 Å². The first kappa shape index (κ1) is 19.2. The van der Waals surface area contributed by atoms with Crippen LogP contribution in [0.4, 0.5) is 4.39 Å². The van der Waals surface area contributed by atoms with E-state index in [9.17, 15) is 9.18 Å². The number of halogens is 1. The van der Waals surface area contributed by atoms with Crippen molar-refractivity contribution in [1.29, 1.82) is 0 Å². The zero-order chi connectivity index (χ0) is 20.2. The summed E-state index contributed by atoms with van der Waals surface area (Å²) in [7, 11) is 2.06. The van der Waals surface area contributed by atoms with Crippen LogP contribution in [0, 0.1) is 17.7 Å². The Bertz CT molecular complexity index is 973. The van der Waals surface area contributed by atoms with Crippen molar-refractivity contribution in [2.24, 2.45) is 0 Å². The van der Waals surface area contributed by atoms with Gasteiger partial charge < -0.3 is 9.80 Å². The fourth-order valence-electron chi connectivity index (χ4n) is 3.86. The summed E-state index contributed by atoms with van der Waals surface area (Å²) in [6.07, 6.45) is 0.856. The molecular weight excluding hydrogens is 365 g/mol. The van der Waals surface area contributed by atoms with Crippen LogP contribution in [0.1, 0.15) is 17.5 Å².